The van der Waals surface area contributed by atoms with Crippen LogP contribution in [-0.2, 0) is 4.74 Å². The summed E-state index contributed by atoms with van der Waals surface area (Å²) in [6.45, 7) is 1.06. The van der Waals surface area contributed by atoms with E-state index in [0.29, 0.717) is 18.3 Å². The van der Waals surface area contributed by atoms with E-state index in [2.05, 4.69) is 15.8 Å². The lowest BCUT2D eigenvalue weighted by atomic mass is 10.2. The van der Waals surface area contributed by atoms with Gasteiger partial charge in [0.05, 0.1) is 12.8 Å². The lowest BCUT2D eigenvalue weighted by Gasteiger charge is -2.05. The summed E-state index contributed by atoms with van der Waals surface area (Å²) >= 11 is 4.89. The molecule has 0 atom stereocenters. The fourth-order valence-corrected chi connectivity index (χ4v) is 1.23. The van der Waals surface area contributed by atoms with Crippen LogP contribution in [0.4, 0.5) is 8.78 Å². The average Bonchev–Trinajstić information content (AvgIpc) is 2.32. The van der Waals surface area contributed by atoms with Crippen molar-refractivity contribution >= 4 is 23.5 Å². The Morgan fingerprint density at radius 1 is 1.50 bits per heavy atom. The number of methoxy groups -OCH3 is 1. The predicted octanol–water partition coefficient (Wildman–Crippen LogP) is 1.41. The third kappa shape index (κ3) is 5.15. The summed E-state index contributed by atoms with van der Waals surface area (Å²) in [7, 11) is 1.58. The molecule has 0 radical (unpaired) electrons. The number of nitrogens with one attached hydrogen (secondary N) is 2. The molecule has 0 amide bonds. The van der Waals surface area contributed by atoms with Crippen molar-refractivity contribution in [2.24, 2.45) is 5.10 Å². The van der Waals surface area contributed by atoms with Crippen molar-refractivity contribution in [3.8, 4) is 0 Å². The fraction of sp³-hybridized carbons (Fsp3) is 0.273. The molecular formula is C11H13F2N3OS. The first kappa shape index (κ1) is 14.5. The monoisotopic (exact) mass is 273 g/mol. The molecule has 0 spiro atoms. The SMILES string of the molecule is COCCNC(=S)NN=Cc1ccc(F)cc1F. The number of rotatable bonds is 5. The van der Waals surface area contributed by atoms with E-state index in [1.807, 2.05) is 0 Å². The Balaban J connectivity index is 2.42. The number of benzene rings is 1. The molecule has 0 aliphatic carbocycles. The van der Waals surface area contributed by atoms with E-state index in [0.717, 1.165) is 12.1 Å². The lowest BCUT2D eigenvalue weighted by molar-refractivity contribution is 0.204. The Kier molecular flexibility index (Phi) is 6.16. The van der Waals surface area contributed by atoms with Crippen molar-refractivity contribution in [2.45, 2.75) is 0 Å². The number of halogens is 2. The maximum absolute atomic E-state index is 13.2. The van der Waals surface area contributed by atoms with Gasteiger partial charge >= 0.3 is 0 Å². The first-order valence-electron chi connectivity index (χ1n) is 5.14. The van der Waals surface area contributed by atoms with E-state index >= 15 is 0 Å². The van der Waals surface area contributed by atoms with Crippen molar-refractivity contribution in [3.05, 3.63) is 35.4 Å². The molecule has 0 aromatic heterocycles. The number of hydrogen-bond donors (Lipinski definition) is 2. The number of nitrogens with zero attached hydrogens (tertiary/aromatic N) is 1. The van der Waals surface area contributed by atoms with Gasteiger partial charge < -0.3 is 10.1 Å². The second-order valence-electron chi connectivity index (χ2n) is 3.28. The van der Waals surface area contributed by atoms with Gasteiger partial charge in [-0.2, -0.15) is 5.10 Å². The number of hydrogen-bond acceptors (Lipinski definition) is 3. The van der Waals surface area contributed by atoms with Gasteiger partial charge in [-0.05, 0) is 24.4 Å². The van der Waals surface area contributed by atoms with Crippen LogP contribution in [0, 0.1) is 11.6 Å². The maximum Gasteiger partial charge on any atom is 0.187 e. The zero-order chi connectivity index (χ0) is 13.4. The van der Waals surface area contributed by atoms with Gasteiger partial charge in [-0.15, -0.1) is 0 Å². The third-order valence-electron chi connectivity index (χ3n) is 1.92. The Bertz CT molecular complexity index is 440. The van der Waals surface area contributed by atoms with Crippen LogP contribution < -0.4 is 10.7 Å². The molecule has 4 nitrogen and oxygen atoms in total. The Hall–Kier alpha value is -1.60. The summed E-state index contributed by atoms with van der Waals surface area (Å²) in [6, 6.07) is 3.23. The first-order chi connectivity index (χ1) is 8.63. The van der Waals surface area contributed by atoms with Gasteiger partial charge in [-0.25, -0.2) is 8.78 Å². The molecule has 0 aliphatic heterocycles. The fourth-order valence-electron chi connectivity index (χ4n) is 1.07. The van der Waals surface area contributed by atoms with Gasteiger partial charge in [0, 0.05) is 25.3 Å². The van der Waals surface area contributed by atoms with Crippen molar-refractivity contribution in [3.63, 3.8) is 0 Å². The minimum atomic E-state index is -0.682. The van der Waals surface area contributed by atoms with Crippen molar-refractivity contribution in [1.29, 1.82) is 0 Å². The zero-order valence-corrected chi connectivity index (χ0v) is 10.6. The van der Waals surface area contributed by atoms with Crippen LogP contribution in [0.25, 0.3) is 0 Å². The van der Waals surface area contributed by atoms with Gasteiger partial charge in [0.2, 0.25) is 0 Å². The summed E-state index contributed by atoms with van der Waals surface area (Å²) in [5.41, 5.74) is 2.68. The molecule has 0 fully saturated rings. The molecule has 1 aromatic rings. The molecule has 2 N–H and O–H groups in total. The van der Waals surface area contributed by atoms with Gasteiger partial charge in [0.1, 0.15) is 11.6 Å². The third-order valence-corrected chi connectivity index (χ3v) is 2.16. The van der Waals surface area contributed by atoms with Gasteiger partial charge in [-0.1, -0.05) is 0 Å². The van der Waals surface area contributed by atoms with Crippen LogP contribution in [0.5, 0.6) is 0 Å². The normalized spacial score (nSPS) is 10.6. The Morgan fingerprint density at radius 3 is 2.94 bits per heavy atom. The van der Waals surface area contributed by atoms with E-state index in [9.17, 15) is 8.78 Å². The van der Waals surface area contributed by atoms with Crippen LogP contribution in [0.15, 0.2) is 23.3 Å². The van der Waals surface area contributed by atoms with Crippen LogP contribution >= 0.6 is 12.2 Å². The van der Waals surface area contributed by atoms with Crippen LogP contribution in [-0.4, -0.2) is 31.6 Å². The van der Waals surface area contributed by atoms with Gasteiger partial charge in [0.15, 0.2) is 5.11 Å². The first-order valence-corrected chi connectivity index (χ1v) is 5.55. The molecule has 1 rings (SSSR count). The summed E-state index contributed by atoms with van der Waals surface area (Å²) in [5.74, 6) is -1.31. The Labute approximate surface area is 109 Å². The largest absolute Gasteiger partial charge is 0.383 e. The highest BCUT2D eigenvalue weighted by atomic mass is 32.1. The second-order valence-corrected chi connectivity index (χ2v) is 3.69. The number of thiocarbonyl (C=S) groups is 1. The molecular weight excluding hydrogens is 260 g/mol. The van der Waals surface area contributed by atoms with E-state index in [1.165, 1.54) is 12.3 Å². The summed E-state index contributed by atoms with van der Waals surface area (Å²) in [4.78, 5) is 0. The van der Waals surface area contributed by atoms with Crippen molar-refractivity contribution < 1.29 is 13.5 Å². The lowest BCUT2D eigenvalue weighted by Crippen LogP contribution is -2.34. The minimum absolute atomic E-state index is 0.170. The quantitative estimate of drug-likeness (QED) is 0.368. The number of hydrazone groups is 1. The molecule has 0 heterocycles. The molecule has 18 heavy (non-hydrogen) atoms. The molecule has 1 aromatic carbocycles. The summed E-state index contributed by atoms with van der Waals surface area (Å²) in [5, 5.41) is 6.85. The maximum atomic E-state index is 13.2. The minimum Gasteiger partial charge on any atom is -0.383 e. The van der Waals surface area contributed by atoms with Gasteiger partial charge in [-0.3, -0.25) is 5.43 Å². The molecule has 7 heteroatoms. The molecule has 0 saturated heterocycles. The van der Waals surface area contributed by atoms with Crippen molar-refractivity contribution in [1.82, 2.24) is 10.7 Å². The van der Waals surface area contributed by atoms with E-state index in [-0.39, 0.29) is 5.56 Å². The zero-order valence-electron chi connectivity index (χ0n) is 9.74. The van der Waals surface area contributed by atoms with Crippen LogP contribution in [0.3, 0.4) is 0 Å². The summed E-state index contributed by atoms with van der Waals surface area (Å²) in [6.07, 6.45) is 1.22. The Morgan fingerprint density at radius 2 is 2.28 bits per heavy atom. The number of ether oxygens (including phenoxy) is 1. The summed E-state index contributed by atoms with van der Waals surface area (Å²) < 4.78 is 30.6. The van der Waals surface area contributed by atoms with Crippen LogP contribution in [0.1, 0.15) is 5.56 Å². The molecule has 0 unspecified atom stereocenters. The van der Waals surface area contributed by atoms with Crippen LogP contribution in [0.2, 0.25) is 0 Å². The highest BCUT2D eigenvalue weighted by Crippen LogP contribution is 2.06. The standard InChI is InChI=1S/C11H13F2N3OS/c1-17-5-4-14-11(18)16-15-7-8-2-3-9(12)6-10(8)13/h2-3,6-7H,4-5H2,1H3,(H2,14,16,18). The molecule has 0 aliphatic rings. The highest BCUT2D eigenvalue weighted by molar-refractivity contribution is 7.80. The van der Waals surface area contributed by atoms with E-state index < -0.39 is 11.6 Å². The highest BCUT2D eigenvalue weighted by Gasteiger charge is 2.00. The predicted molar refractivity (Wildman–Crippen MR) is 69.6 cm³/mol. The van der Waals surface area contributed by atoms with Crippen molar-refractivity contribution in [2.75, 3.05) is 20.3 Å². The van der Waals surface area contributed by atoms with E-state index in [1.54, 1.807) is 7.11 Å². The topological polar surface area (TPSA) is 45.6 Å². The smallest absolute Gasteiger partial charge is 0.187 e. The second kappa shape index (κ2) is 7.67. The molecule has 0 bridgehead atoms. The van der Waals surface area contributed by atoms with Gasteiger partial charge in [0.25, 0.3) is 0 Å². The van der Waals surface area contributed by atoms with E-state index in [4.69, 9.17) is 17.0 Å². The molecule has 0 saturated carbocycles. The molecule has 98 valence electrons. The average molecular weight is 273 g/mol.